The van der Waals surface area contributed by atoms with E-state index in [2.05, 4.69) is 10.3 Å². The lowest BCUT2D eigenvalue weighted by molar-refractivity contribution is -0.136. The standard InChI is InChI=1S/C27H30FN3O3S/c1-4-11-29-26(32)23-16-35-24(30-23)15-34-21-9-8-18-10-12-31(27(33)17(2)3)25(22(18)14-21)19-6-5-7-20(28)13-19/h5-9,13-14,16-17,25H,4,10-12,15H2,1-3H3,(H,29,32). The Labute approximate surface area is 209 Å². The van der Waals surface area contributed by atoms with Crippen molar-refractivity contribution in [3.05, 3.63) is 81.1 Å². The minimum atomic E-state index is -0.387. The highest BCUT2D eigenvalue weighted by atomic mass is 32.1. The summed E-state index contributed by atoms with van der Waals surface area (Å²) in [6, 6.07) is 11.9. The van der Waals surface area contributed by atoms with Crippen molar-refractivity contribution in [2.24, 2.45) is 5.92 Å². The van der Waals surface area contributed by atoms with E-state index in [4.69, 9.17) is 4.74 Å². The van der Waals surface area contributed by atoms with Crippen LogP contribution in [0.25, 0.3) is 0 Å². The number of hydrogen-bond acceptors (Lipinski definition) is 5. The van der Waals surface area contributed by atoms with Gasteiger partial charge in [-0.3, -0.25) is 9.59 Å². The summed E-state index contributed by atoms with van der Waals surface area (Å²) >= 11 is 1.37. The molecule has 2 aromatic carbocycles. The van der Waals surface area contributed by atoms with Gasteiger partial charge in [-0.25, -0.2) is 9.37 Å². The molecule has 35 heavy (non-hydrogen) atoms. The van der Waals surface area contributed by atoms with Crippen LogP contribution in [0, 0.1) is 11.7 Å². The van der Waals surface area contributed by atoms with Crippen molar-refractivity contribution in [3.63, 3.8) is 0 Å². The Hall–Kier alpha value is -3.26. The molecule has 0 spiro atoms. The summed E-state index contributed by atoms with van der Waals surface area (Å²) in [5, 5.41) is 5.25. The molecule has 0 saturated carbocycles. The van der Waals surface area contributed by atoms with Crippen molar-refractivity contribution in [2.75, 3.05) is 13.1 Å². The molecule has 2 heterocycles. The van der Waals surface area contributed by atoms with E-state index >= 15 is 0 Å². The number of benzene rings is 2. The third-order valence-corrected chi connectivity index (χ3v) is 6.79. The molecule has 1 aliphatic heterocycles. The molecule has 1 atom stereocenters. The number of thiazole rings is 1. The SMILES string of the molecule is CCCNC(=O)c1csc(COc2ccc3c(c2)C(c2cccc(F)c2)N(C(=O)C(C)C)CC3)n1. The second kappa shape index (κ2) is 11.0. The van der Waals surface area contributed by atoms with Crippen LogP contribution in [0.1, 0.15) is 65.4 Å². The molecule has 3 aromatic rings. The van der Waals surface area contributed by atoms with Gasteiger partial charge in [0.25, 0.3) is 5.91 Å². The van der Waals surface area contributed by atoms with Crippen molar-refractivity contribution in [1.82, 2.24) is 15.2 Å². The predicted molar refractivity (Wildman–Crippen MR) is 134 cm³/mol. The van der Waals surface area contributed by atoms with Gasteiger partial charge < -0.3 is 15.0 Å². The number of fused-ring (bicyclic) bond motifs is 1. The van der Waals surface area contributed by atoms with E-state index in [9.17, 15) is 14.0 Å². The van der Waals surface area contributed by atoms with Gasteiger partial charge in [0, 0.05) is 24.4 Å². The summed E-state index contributed by atoms with van der Waals surface area (Å²) in [7, 11) is 0. The molecule has 0 fully saturated rings. The van der Waals surface area contributed by atoms with Gasteiger partial charge in [-0.15, -0.1) is 11.3 Å². The van der Waals surface area contributed by atoms with Gasteiger partial charge in [0.1, 0.15) is 28.9 Å². The highest BCUT2D eigenvalue weighted by Gasteiger charge is 2.33. The summed E-state index contributed by atoms with van der Waals surface area (Å²) < 4.78 is 20.2. The summed E-state index contributed by atoms with van der Waals surface area (Å²) in [6.45, 7) is 7.17. The number of nitrogens with one attached hydrogen (secondary N) is 1. The van der Waals surface area contributed by atoms with Crippen molar-refractivity contribution < 1.29 is 18.7 Å². The molecule has 0 radical (unpaired) electrons. The molecule has 0 aliphatic carbocycles. The van der Waals surface area contributed by atoms with Crippen LogP contribution in [0.2, 0.25) is 0 Å². The smallest absolute Gasteiger partial charge is 0.270 e. The number of nitrogens with zero attached hydrogens (tertiary/aromatic N) is 2. The van der Waals surface area contributed by atoms with Gasteiger partial charge in [0.15, 0.2) is 0 Å². The molecule has 6 nitrogen and oxygen atoms in total. The maximum absolute atomic E-state index is 14.1. The van der Waals surface area contributed by atoms with Crippen LogP contribution in [-0.4, -0.2) is 34.8 Å². The average Bonchev–Trinajstić information content (AvgIpc) is 3.34. The van der Waals surface area contributed by atoms with Crippen LogP contribution in [-0.2, 0) is 17.8 Å². The first-order chi connectivity index (χ1) is 16.9. The molecule has 1 aromatic heterocycles. The largest absolute Gasteiger partial charge is 0.486 e. The Kier molecular flexibility index (Phi) is 7.80. The fourth-order valence-corrected chi connectivity index (χ4v) is 4.93. The maximum atomic E-state index is 14.1. The van der Waals surface area contributed by atoms with E-state index in [1.165, 1.54) is 23.5 Å². The van der Waals surface area contributed by atoms with Crippen LogP contribution in [0.4, 0.5) is 4.39 Å². The minimum absolute atomic E-state index is 0.0351. The van der Waals surface area contributed by atoms with Crippen LogP contribution in [0.3, 0.4) is 0 Å². The fraction of sp³-hybridized carbons (Fsp3) is 0.370. The second-order valence-corrected chi connectivity index (χ2v) is 9.87. The lowest BCUT2D eigenvalue weighted by Crippen LogP contribution is -2.42. The Bertz CT molecular complexity index is 1210. The molecular formula is C27H30FN3O3S. The number of halogens is 1. The van der Waals surface area contributed by atoms with Crippen molar-refractivity contribution >= 4 is 23.2 Å². The minimum Gasteiger partial charge on any atom is -0.486 e. The molecule has 0 saturated heterocycles. The zero-order valence-electron chi connectivity index (χ0n) is 20.2. The Morgan fingerprint density at radius 3 is 2.83 bits per heavy atom. The predicted octanol–water partition coefficient (Wildman–Crippen LogP) is 5.13. The number of rotatable bonds is 8. The van der Waals surface area contributed by atoms with E-state index in [0.29, 0.717) is 29.5 Å². The lowest BCUT2D eigenvalue weighted by Gasteiger charge is -2.39. The van der Waals surface area contributed by atoms with Gasteiger partial charge in [0.05, 0.1) is 6.04 Å². The average molecular weight is 496 g/mol. The summed E-state index contributed by atoms with van der Waals surface area (Å²) in [5.41, 5.74) is 3.18. The summed E-state index contributed by atoms with van der Waals surface area (Å²) in [4.78, 5) is 31.4. The van der Waals surface area contributed by atoms with Crippen LogP contribution >= 0.6 is 11.3 Å². The van der Waals surface area contributed by atoms with Gasteiger partial charge in [-0.05, 0) is 53.8 Å². The third-order valence-electron chi connectivity index (χ3n) is 5.97. The van der Waals surface area contributed by atoms with Crippen LogP contribution < -0.4 is 10.1 Å². The Balaban J connectivity index is 1.58. The second-order valence-electron chi connectivity index (χ2n) is 8.93. The lowest BCUT2D eigenvalue weighted by atomic mass is 9.87. The number of carbonyl (C=O) groups is 2. The number of aromatic nitrogens is 1. The molecule has 1 N–H and O–H groups in total. The van der Waals surface area contributed by atoms with Crippen molar-refractivity contribution in [2.45, 2.75) is 46.3 Å². The van der Waals surface area contributed by atoms with Gasteiger partial charge in [-0.1, -0.05) is 39.0 Å². The molecule has 1 unspecified atom stereocenters. The molecule has 4 rings (SSSR count). The molecule has 0 bridgehead atoms. The first kappa shape index (κ1) is 24.9. The molecule has 1 aliphatic rings. The van der Waals surface area contributed by atoms with Crippen molar-refractivity contribution in [1.29, 1.82) is 0 Å². The Morgan fingerprint density at radius 2 is 2.09 bits per heavy atom. The first-order valence-electron chi connectivity index (χ1n) is 11.9. The molecule has 184 valence electrons. The number of carbonyl (C=O) groups excluding carboxylic acids is 2. The van der Waals surface area contributed by atoms with Gasteiger partial charge in [-0.2, -0.15) is 0 Å². The van der Waals surface area contributed by atoms with E-state index in [0.717, 1.165) is 29.5 Å². The molecular weight excluding hydrogens is 465 g/mol. The van der Waals surface area contributed by atoms with Gasteiger partial charge in [0.2, 0.25) is 5.91 Å². The highest BCUT2D eigenvalue weighted by Crippen LogP contribution is 2.38. The summed E-state index contributed by atoms with van der Waals surface area (Å²) in [6.07, 6.45) is 1.59. The first-order valence-corrected chi connectivity index (χ1v) is 12.8. The van der Waals surface area contributed by atoms with E-state index in [1.807, 2.05) is 49.9 Å². The summed E-state index contributed by atoms with van der Waals surface area (Å²) in [5.74, 6) is -0.0118. The quantitative estimate of drug-likeness (QED) is 0.470. The number of amides is 2. The topological polar surface area (TPSA) is 71.5 Å². The number of hydrogen-bond donors (Lipinski definition) is 1. The molecule has 8 heteroatoms. The maximum Gasteiger partial charge on any atom is 0.270 e. The fourth-order valence-electron chi connectivity index (χ4n) is 4.24. The van der Waals surface area contributed by atoms with E-state index < -0.39 is 0 Å². The van der Waals surface area contributed by atoms with Crippen LogP contribution in [0.5, 0.6) is 5.75 Å². The van der Waals surface area contributed by atoms with Crippen molar-refractivity contribution in [3.8, 4) is 5.75 Å². The zero-order valence-corrected chi connectivity index (χ0v) is 21.0. The Morgan fingerprint density at radius 1 is 1.26 bits per heavy atom. The zero-order chi connectivity index (χ0) is 24.9. The highest BCUT2D eigenvalue weighted by molar-refractivity contribution is 7.09. The third kappa shape index (κ3) is 5.70. The number of ether oxygens (including phenoxy) is 1. The van der Waals surface area contributed by atoms with Gasteiger partial charge >= 0.3 is 0 Å². The van der Waals surface area contributed by atoms with E-state index in [1.54, 1.807) is 11.4 Å². The van der Waals surface area contributed by atoms with E-state index in [-0.39, 0.29) is 36.2 Å². The normalized spacial score (nSPS) is 15.1. The monoisotopic (exact) mass is 495 g/mol. The molecule has 2 amide bonds. The van der Waals surface area contributed by atoms with Crippen LogP contribution in [0.15, 0.2) is 47.8 Å².